The molecule has 1 saturated heterocycles. The van der Waals surface area contributed by atoms with Gasteiger partial charge in [0.2, 0.25) is 0 Å². The minimum Gasteiger partial charge on any atom is -0.461 e. The van der Waals surface area contributed by atoms with Gasteiger partial charge in [-0.05, 0) is 65.9 Å². The number of rotatable bonds is 6. The van der Waals surface area contributed by atoms with Gasteiger partial charge in [-0.2, -0.15) is 0 Å². The van der Waals surface area contributed by atoms with Gasteiger partial charge in [-0.1, -0.05) is 48.0 Å². The van der Waals surface area contributed by atoms with E-state index in [-0.39, 0.29) is 30.9 Å². The van der Waals surface area contributed by atoms with Crippen LogP contribution in [0.25, 0.3) is 5.69 Å². The molecular formula is C26H27BrClN3O4. The first-order valence-electron chi connectivity index (χ1n) is 11.6. The molecule has 1 fully saturated rings. The number of aromatic nitrogens is 2. The first-order chi connectivity index (χ1) is 16.9. The van der Waals surface area contributed by atoms with Crippen molar-refractivity contribution in [1.82, 2.24) is 14.5 Å². The standard InChI is InChI=1S/C26H27BrClN3O4/c1-3-34-25(32)22-23(27)31(21-14-20(28)12-11-17(21)2)24(29-22)19-10-7-13-30(15-19)26(33)35-16-18-8-5-4-6-9-18/h4-6,8-9,11-12,14,19H,3,7,10,13,15-16H2,1-2H3. The number of imidazole rings is 1. The van der Waals surface area contributed by atoms with Crippen molar-refractivity contribution in [2.24, 2.45) is 0 Å². The number of aryl methyl sites for hydroxylation is 1. The van der Waals surface area contributed by atoms with Gasteiger partial charge in [0, 0.05) is 24.0 Å². The number of amides is 1. The van der Waals surface area contributed by atoms with E-state index in [0.29, 0.717) is 28.5 Å². The largest absolute Gasteiger partial charge is 0.461 e. The van der Waals surface area contributed by atoms with Crippen molar-refractivity contribution >= 4 is 39.6 Å². The quantitative estimate of drug-likeness (QED) is 0.331. The monoisotopic (exact) mass is 559 g/mol. The summed E-state index contributed by atoms with van der Waals surface area (Å²) in [6, 6.07) is 15.2. The summed E-state index contributed by atoms with van der Waals surface area (Å²) in [6.45, 7) is 5.22. The number of carbonyl (C=O) groups is 2. The maximum absolute atomic E-state index is 12.8. The molecule has 1 unspecified atom stereocenters. The normalized spacial score (nSPS) is 15.7. The number of carbonyl (C=O) groups excluding carboxylic acids is 2. The van der Waals surface area contributed by atoms with E-state index < -0.39 is 5.97 Å². The predicted molar refractivity (Wildman–Crippen MR) is 137 cm³/mol. The van der Waals surface area contributed by atoms with Gasteiger partial charge < -0.3 is 14.4 Å². The van der Waals surface area contributed by atoms with Crippen molar-refractivity contribution in [2.75, 3.05) is 19.7 Å². The second-order valence-electron chi connectivity index (χ2n) is 8.42. The summed E-state index contributed by atoms with van der Waals surface area (Å²) < 4.78 is 13.2. The van der Waals surface area contributed by atoms with Crippen LogP contribution < -0.4 is 0 Å². The lowest BCUT2D eigenvalue weighted by Crippen LogP contribution is -2.40. The van der Waals surface area contributed by atoms with E-state index in [1.54, 1.807) is 11.8 Å². The predicted octanol–water partition coefficient (Wildman–Crippen LogP) is 6.29. The smallest absolute Gasteiger partial charge is 0.410 e. The van der Waals surface area contributed by atoms with Crippen molar-refractivity contribution in [2.45, 2.75) is 39.2 Å². The van der Waals surface area contributed by atoms with Gasteiger partial charge in [0.15, 0.2) is 5.69 Å². The Morgan fingerprint density at radius 3 is 2.69 bits per heavy atom. The highest BCUT2D eigenvalue weighted by molar-refractivity contribution is 9.10. The van der Waals surface area contributed by atoms with Gasteiger partial charge in [-0.3, -0.25) is 4.57 Å². The Morgan fingerprint density at radius 1 is 1.17 bits per heavy atom. The molecule has 1 aliphatic heterocycles. The molecule has 3 aromatic rings. The van der Waals surface area contributed by atoms with Crippen molar-refractivity contribution in [3.63, 3.8) is 0 Å². The van der Waals surface area contributed by atoms with Gasteiger partial charge in [-0.25, -0.2) is 14.6 Å². The van der Waals surface area contributed by atoms with Crippen molar-refractivity contribution in [3.05, 3.63) is 80.8 Å². The Morgan fingerprint density at radius 2 is 1.94 bits per heavy atom. The first kappa shape index (κ1) is 25.3. The van der Waals surface area contributed by atoms with E-state index in [4.69, 9.17) is 26.1 Å². The van der Waals surface area contributed by atoms with Crippen LogP contribution in [0.15, 0.2) is 53.1 Å². The molecule has 1 aliphatic rings. The molecule has 0 N–H and O–H groups in total. The lowest BCUT2D eigenvalue weighted by molar-refractivity contribution is 0.0518. The molecule has 0 bridgehead atoms. The zero-order valence-corrected chi connectivity index (χ0v) is 22.0. The van der Waals surface area contributed by atoms with Crippen molar-refractivity contribution in [1.29, 1.82) is 0 Å². The van der Waals surface area contributed by atoms with Gasteiger partial charge >= 0.3 is 12.1 Å². The number of nitrogens with zero attached hydrogens (tertiary/aromatic N) is 3. The number of likely N-dealkylation sites (tertiary alicyclic amines) is 1. The van der Waals surface area contributed by atoms with Crippen LogP contribution in [0.3, 0.4) is 0 Å². The minimum absolute atomic E-state index is 0.106. The summed E-state index contributed by atoms with van der Waals surface area (Å²) in [6.07, 6.45) is 1.24. The fourth-order valence-corrected chi connectivity index (χ4v) is 5.03. The van der Waals surface area contributed by atoms with E-state index in [0.717, 1.165) is 29.7 Å². The molecule has 0 aliphatic carbocycles. The zero-order chi connectivity index (χ0) is 24.9. The van der Waals surface area contributed by atoms with Crippen LogP contribution in [-0.2, 0) is 16.1 Å². The molecule has 7 nitrogen and oxygen atoms in total. The van der Waals surface area contributed by atoms with E-state index in [1.807, 2.05) is 60.0 Å². The number of ether oxygens (including phenoxy) is 2. The molecule has 35 heavy (non-hydrogen) atoms. The molecule has 0 spiro atoms. The third kappa shape index (κ3) is 5.70. The molecule has 0 saturated carbocycles. The molecule has 0 radical (unpaired) electrons. The molecule has 1 atom stereocenters. The molecule has 184 valence electrons. The molecule has 2 heterocycles. The number of hydrogen-bond acceptors (Lipinski definition) is 5. The topological polar surface area (TPSA) is 73.7 Å². The van der Waals surface area contributed by atoms with Gasteiger partial charge in [0.1, 0.15) is 17.0 Å². The summed E-state index contributed by atoms with van der Waals surface area (Å²) in [5.41, 5.74) is 2.92. The Kier molecular flexibility index (Phi) is 8.13. The zero-order valence-electron chi connectivity index (χ0n) is 19.7. The molecule has 1 amide bonds. The number of piperidine rings is 1. The summed E-state index contributed by atoms with van der Waals surface area (Å²) in [5.74, 6) is 0.0609. The Labute approximate surface area is 218 Å². The summed E-state index contributed by atoms with van der Waals surface area (Å²) >= 11 is 9.90. The lowest BCUT2D eigenvalue weighted by atomic mass is 9.97. The van der Waals surface area contributed by atoms with Crippen LogP contribution in [0.2, 0.25) is 5.02 Å². The van der Waals surface area contributed by atoms with Crippen molar-refractivity contribution in [3.8, 4) is 5.69 Å². The van der Waals surface area contributed by atoms with Gasteiger partial charge in [-0.15, -0.1) is 0 Å². The summed E-state index contributed by atoms with van der Waals surface area (Å²) in [4.78, 5) is 31.9. The Hall–Kier alpha value is -2.84. The van der Waals surface area contributed by atoms with Gasteiger partial charge in [0.05, 0.1) is 12.3 Å². The van der Waals surface area contributed by atoms with Gasteiger partial charge in [0.25, 0.3) is 0 Å². The third-order valence-electron chi connectivity index (χ3n) is 5.98. The Bertz CT molecular complexity index is 1210. The van der Waals surface area contributed by atoms with Crippen LogP contribution in [0.1, 0.15) is 53.1 Å². The molecule has 9 heteroatoms. The van der Waals surface area contributed by atoms with Crippen LogP contribution >= 0.6 is 27.5 Å². The third-order valence-corrected chi connectivity index (χ3v) is 6.94. The SMILES string of the molecule is CCOC(=O)c1nc(C2CCCN(C(=O)OCc3ccccc3)C2)n(-c2cc(Cl)ccc2C)c1Br. The maximum atomic E-state index is 12.8. The van der Waals surface area contributed by atoms with E-state index in [2.05, 4.69) is 15.9 Å². The van der Waals surface area contributed by atoms with Crippen LogP contribution in [0.5, 0.6) is 0 Å². The van der Waals surface area contributed by atoms with Crippen LogP contribution in [0, 0.1) is 6.92 Å². The fourth-order valence-electron chi connectivity index (χ4n) is 4.24. The average molecular weight is 561 g/mol. The first-order valence-corrected chi connectivity index (χ1v) is 12.7. The second kappa shape index (κ2) is 11.3. The highest BCUT2D eigenvalue weighted by Crippen LogP contribution is 2.35. The van der Waals surface area contributed by atoms with E-state index >= 15 is 0 Å². The maximum Gasteiger partial charge on any atom is 0.410 e. The van der Waals surface area contributed by atoms with Crippen LogP contribution in [0.4, 0.5) is 4.79 Å². The second-order valence-corrected chi connectivity index (χ2v) is 9.61. The minimum atomic E-state index is -0.506. The fraction of sp³-hybridized carbons (Fsp3) is 0.346. The Balaban J connectivity index is 1.63. The summed E-state index contributed by atoms with van der Waals surface area (Å²) in [5, 5.41) is 0.574. The van der Waals surface area contributed by atoms with Crippen molar-refractivity contribution < 1.29 is 19.1 Å². The van der Waals surface area contributed by atoms with E-state index in [1.165, 1.54) is 0 Å². The highest BCUT2D eigenvalue weighted by Gasteiger charge is 2.32. The molecular weight excluding hydrogens is 534 g/mol. The number of hydrogen-bond donors (Lipinski definition) is 0. The number of esters is 1. The lowest BCUT2D eigenvalue weighted by Gasteiger charge is -2.32. The number of benzene rings is 2. The van der Waals surface area contributed by atoms with Crippen LogP contribution in [-0.4, -0.2) is 46.2 Å². The average Bonchev–Trinajstić information content (AvgIpc) is 3.22. The molecule has 4 rings (SSSR count). The highest BCUT2D eigenvalue weighted by atomic mass is 79.9. The molecule has 2 aromatic carbocycles. The molecule has 1 aromatic heterocycles. The summed E-state index contributed by atoms with van der Waals surface area (Å²) in [7, 11) is 0. The van der Waals surface area contributed by atoms with E-state index in [9.17, 15) is 9.59 Å². The number of halogens is 2.